The minimum Gasteiger partial charge on any atom is -0.493 e. The average Bonchev–Trinajstić information content (AvgIpc) is 3.29. The Labute approximate surface area is 276 Å². The van der Waals surface area contributed by atoms with Gasteiger partial charge in [0.15, 0.2) is 11.5 Å². The summed E-state index contributed by atoms with van der Waals surface area (Å²) in [6, 6.07) is 5.72. The SMILES string of the molecule is CC[C@@H](C)[C@@H](Nc1ccc2c(cc1=O)[C@H](NC(C)=O)CCc1cc(OC)c(OC)c(OC)c1-2)C(=O)NCC1(CC(=O)O)CCCCC1. The zero-order valence-corrected chi connectivity index (χ0v) is 28.4. The van der Waals surface area contributed by atoms with Crippen LogP contribution in [0, 0.1) is 11.3 Å². The van der Waals surface area contributed by atoms with E-state index >= 15 is 0 Å². The summed E-state index contributed by atoms with van der Waals surface area (Å²) in [5.74, 6) is -0.121. The van der Waals surface area contributed by atoms with Crippen LogP contribution >= 0.6 is 0 Å². The van der Waals surface area contributed by atoms with E-state index in [1.165, 1.54) is 20.1 Å². The Morgan fingerprint density at radius 2 is 1.72 bits per heavy atom. The highest BCUT2D eigenvalue weighted by Crippen LogP contribution is 2.50. The molecule has 0 radical (unpaired) electrons. The summed E-state index contributed by atoms with van der Waals surface area (Å²) < 4.78 is 17.2. The number of nitrogens with one attached hydrogen (secondary N) is 3. The zero-order chi connectivity index (χ0) is 34.3. The normalized spacial score (nSPS) is 17.9. The molecule has 2 aromatic rings. The van der Waals surface area contributed by atoms with Crippen LogP contribution in [0.5, 0.6) is 17.2 Å². The molecule has 47 heavy (non-hydrogen) atoms. The van der Waals surface area contributed by atoms with E-state index in [0.717, 1.165) is 43.2 Å². The van der Waals surface area contributed by atoms with Crippen LogP contribution in [0.25, 0.3) is 11.1 Å². The third-order valence-electron chi connectivity index (χ3n) is 9.80. The van der Waals surface area contributed by atoms with Crippen molar-refractivity contribution in [1.82, 2.24) is 10.6 Å². The number of amides is 2. The molecular weight excluding hydrogens is 602 g/mol. The molecule has 3 atom stereocenters. The first-order valence-corrected chi connectivity index (χ1v) is 16.5. The highest BCUT2D eigenvalue weighted by atomic mass is 16.5. The fraction of sp³-hybridized carbons (Fsp3) is 0.556. The Bertz CT molecular complexity index is 1540. The number of hydrogen-bond donors (Lipinski definition) is 4. The van der Waals surface area contributed by atoms with E-state index in [0.29, 0.717) is 47.6 Å². The van der Waals surface area contributed by atoms with Crippen molar-refractivity contribution in [3.05, 3.63) is 45.6 Å². The van der Waals surface area contributed by atoms with Crippen molar-refractivity contribution in [2.75, 3.05) is 33.2 Å². The molecule has 2 aliphatic rings. The standard InChI is InChI=1S/C36H49N3O8/c1-7-21(2)32(35(44)37-20-36(19-30(42)43)15-9-8-10-16-36)39-27-14-12-24-25(18-28(27)41)26(38-22(3)40)13-11-23-17-29(45-4)33(46-5)34(47-6)31(23)24/h12,14,17-18,21,26,32H,7-11,13,15-16,19-20H2,1-6H3,(H,37,44)(H,38,40)(H,39,41)(H,42,43)/t21-,26-,32-/m1/s1. The number of carbonyl (C=O) groups excluding carboxylic acids is 2. The second-order valence-electron chi connectivity index (χ2n) is 13.0. The topological polar surface area (TPSA) is 152 Å². The average molecular weight is 652 g/mol. The molecule has 0 saturated heterocycles. The molecular formula is C36H49N3O8. The largest absolute Gasteiger partial charge is 0.493 e. The number of ether oxygens (including phenoxy) is 3. The van der Waals surface area contributed by atoms with Gasteiger partial charge < -0.3 is 35.3 Å². The van der Waals surface area contributed by atoms with Crippen LogP contribution in [0.2, 0.25) is 0 Å². The number of carboxylic acids is 1. The predicted molar refractivity (Wildman–Crippen MR) is 180 cm³/mol. The molecule has 1 fully saturated rings. The molecule has 4 rings (SSSR count). The molecule has 2 aromatic carbocycles. The first kappa shape index (κ1) is 35.6. The number of aryl methyl sites for hydroxylation is 1. The summed E-state index contributed by atoms with van der Waals surface area (Å²) in [6.45, 7) is 5.64. The zero-order valence-electron chi connectivity index (χ0n) is 28.4. The van der Waals surface area contributed by atoms with Gasteiger partial charge >= 0.3 is 5.97 Å². The van der Waals surface area contributed by atoms with Gasteiger partial charge in [0.2, 0.25) is 23.0 Å². The summed E-state index contributed by atoms with van der Waals surface area (Å²) in [7, 11) is 4.64. The molecule has 0 unspecified atom stereocenters. The van der Waals surface area contributed by atoms with Crippen molar-refractivity contribution < 1.29 is 33.7 Å². The third-order valence-corrected chi connectivity index (χ3v) is 9.80. The summed E-state index contributed by atoms with van der Waals surface area (Å²) in [6.07, 6.45) is 6.23. The maximum Gasteiger partial charge on any atom is 0.303 e. The van der Waals surface area contributed by atoms with Crippen LogP contribution in [0.3, 0.4) is 0 Å². The maximum absolute atomic E-state index is 13.9. The number of aliphatic carboxylic acids is 1. The van der Waals surface area contributed by atoms with Gasteiger partial charge in [-0.1, -0.05) is 45.6 Å². The van der Waals surface area contributed by atoms with Crippen molar-refractivity contribution in [2.24, 2.45) is 11.3 Å². The lowest BCUT2D eigenvalue weighted by atomic mass is 9.71. The molecule has 4 N–H and O–H groups in total. The third kappa shape index (κ3) is 8.00. The number of carbonyl (C=O) groups is 3. The lowest BCUT2D eigenvalue weighted by Crippen LogP contribution is -2.48. The van der Waals surface area contributed by atoms with Crippen molar-refractivity contribution in [3.63, 3.8) is 0 Å². The van der Waals surface area contributed by atoms with Gasteiger partial charge in [-0.2, -0.15) is 0 Å². The molecule has 0 heterocycles. The minimum absolute atomic E-state index is 0.0105. The number of anilines is 1. The number of rotatable bonds is 13. The fourth-order valence-electron chi connectivity index (χ4n) is 7.12. The molecule has 2 aliphatic carbocycles. The molecule has 11 nitrogen and oxygen atoms in total. The molecule has 0 aromatic heterocycles. The molecule has 1 saturated carbocycles. The first-order valence-electron chi connectivity index (χ1n) is 16.5. The maximum atomic E-state index is 13.9. The molecule has 256 valence electrons. The number of carboxylic acid groups (broad SMARTS) is 1. The van der Waals surface area contributed by atoms with Crippen LogP contribution in [0.4, 0.5) is 5.69 Å². The van der Waals surface area contributed by atoms with Gasteiger partial charge in [-0.25, -0.2) is 0 Å². The highest BCUT2D eigenvalue weighted by Gasteiger charge is 2.36. The van der Waals surface area contributed by atoms with Crippen molar-refractivity contribution in [3.8, 4) is 28.4 Å². The summed E-state index contributed by atoms with van der Waals surface area (Å²) >= 11 is 0. The van der Waals surface area contributed by atoms with Gasteiger partial charge in [-0.15, -0.1) is 0 Å². The van der Waals surface area contributed by atoms with Gasteiger partial charge in [0, 0.05) is 19.0 Å². The lowest BCUT2D eigenvalue weighted by molar-refractivity contribution is -0.141. The summed E-state index contributed by atoms with van der Waals surface area (Å²) in [5.41, 5.74) is 2.39. The number of hydrogen-bond acceptors (Lipinski definition) is 8. The first-order chi connectivity index (χ1) is 22.5. The van der Waals surface area contributed by atoms with E-state index in [2.05, 4.69) is 16.0 Å². The molecule has 0 bridgehead atoms. The second kappa shape index (κ2) is 15.5. The minimum atomic E-state index is -0.864. The molecule has 0 spiro atoms. The summed E-state index contributed by atoms with van der Waals surface area (Å²) in [5, 5.41) is 18.9. The van der Waals surface area contributed by atoms with Gasteiger partial charge in [-0.3, -0.25) is 19.2 Å². The van der Waals surface area contributed by atoms with Crippen LogP contribution in [-0.4, -0.2) is 56.8 Å². The van der Waals surface area contributed by atoms with E-state index < -0.39 is 23.5 Å². The number of methoxy groups -OCH3 is 3. The monoisotopic (exact) mass is 651 g/mol. The van der Waals surface area contributed by atoms with Crippen LogP contribution in [0.15, 0.2) is 29.1 Å². The van der Waals surface area contributed by atoms with Crippen LogP contribution in [-0.2, 0) is 20.8 Å². The smallest absolute Gasteiger partial charge is 0.303 e. The van der Waals surface area contributed by atoms with E-state index in [-0.39, 0.29) is 41.8 Å². The van der Waals surface area contributed by atoms with Crippen molar-refractivity contribution >= 4 is 23.5 Å². The van der Waals surface area contributed by atoms with Gasteiger partial charge in [0.25, 0.3) is 0 Å². The van der Waals surface area contributed by atoms with Gasteiger partial charge in [-0.05, 0) is 71.9 Å². The molecule has 0 aliphatic heterocycles. The van der Waals surface area contributed by atoms with Crippen LogP contribution < -0.4 is 35.6 Å². The van der Waals surface area contributed by atoms with E-state index in [1.54, 1.807) is 20.3 Å². The second-order valence-corrected chi connectivity index (χ2v) is 13.0. The van der Waals surface area contributed by atoms with Crippen molar-refractivity contribution in [1.29, 1.82) is 0 Å². The Morgan fingerprint density at radius 1 is 1.02 bits per heavy atom. The summed E-state index contributed by atoms with van der Waals surface area (Å²) in [4.78, 5) is 51.7. The molecule has 11 heteroatoms. The number of benzene rings is 1. The van der Waals surface area contributed by atoms with Crippen LogP contribution in [0.1, 0.15) is 89.3 Å². The predicted octanol–water partition coefficient (Wildman–Crippen LogP) is 5.23. The van der Waals surface area contributed by atoms with E-state index in [9.17, 15) is 24.3 Å². The van der Waals surface area contributed by atoms with Gasteiger partial charge in [0.1, 0.15) is 6.04 Å². The lowest BCUT2D eigenvalue weighted by Gasteiger charge is -2.37. The number of fused-ring (bicyclic) bond motifs is 3. The highest BCUT2D eigenvalue weighted by molar-refractivity contribution is 5.86. The Morgan fingerprint density at radius 3 is 2.32 bits per heavy atom. The van der Waals surface area contributed by atoms with E-state index in [1.807, 2.05) is 26.0 Å². The Hall–Kier alpha value is -4.28. The molecule has 2 amide bonds. The van der Waals surface area contributed by atoms with E-state index in [4.69, 9.17) is 14.2 Å². The van der Waals surface area contributed by atoms with Gasteiger partial charge in [0.05, 0.1) is 39.5 Å². The Kier molecular flexibility index (Phi) is 11.8. The quantitative estimate of drug-likeness (QED) is 0.228. The fourth-order valence-corrected chi connectivity index (χ4v) is 7.12. The van der Waals surface area contributed by atoms with Crippen molar-refractivity contribution in [2.45, 2.75) is 90.6 Å². The Balaban J connectivity index is 1.77.